The van der Waals surface area contributed by atoms with Gasteiger partial charge in [-0.2, -0.15) is 15.1 Å². The van der Waals surface area contributed by atoms with Crippen molar-refractivity contribution in [3.63, 3.8) is 0 Å². The summed E-state index contributed by atoms with van der Waals surface area (Å²) >= 11 is 0. The Morgan fingerprint density at radius 3 is 2.76 bits per heavy atom. The lowest BCUT2D eigenvalue weighted by molar-refractivity contribution is 0.293. The van der Waals surface area contributed by atoms with Crippen molar-refractivity contribution in [2.75, 3.05) is 38.2 Å². The molecule has 1 aromatic heterocycles. The van der Waals surface area contributed by atoms with E-state index in [2.05, 4.69) is 57.6 Å². The van der Waals surface area contributed by atoms with Gasteiger partial charge in [-0.05, 0) is 32.2 Å². The van der Waals surface area contributed by atoms with Gasteiger partial charge in [0, 0.05) is 25.7 Å². The van der Waals surface area contributed by atoms with Crippen LogP contribution in [0.4, 0.5) is 5.82 Å². The number of aromatic nitrogens is 2. The van der Waals surface area contributed by atoms with Gasteiger partial charge in [-0.15, -0.1) is 0 Å². The van der Waals surface area contributed by atoms with Crippen LogP contribution in [0, 0.1) is 5.92 Å². The molecule has 0 spiro atoms. The Bertz CT molecular complexity index is 724. The predicted octanol–water partition coefficient (Wildman–Crippen LogP) is 2.39. The van der Waals surface area contributed by atoms with Crippen LogP contribution in [0.3, 0.4) is 0 Å². The van der Waals surface area contributed by atoms with Crippen molar-refractivity contribution in [2.24, 2.45) is 16.8 Å². The molecule has 0 saturated heterocycles. The highest BCUT2D eigenvalue weighted by Gasteiger charge is 2.12. The van der Waals surface area contributed by atoms with Gasteiger partial charge in [0.15, 0.2) is 0 Å². The molecule has 8 heteroatoms. The lowest BCUT2D eigenvalue weighted by atomic mass is 10.00. The fourth-order valence-corrected chi connectivity index (χ4v) is 2.99. The van der Waals surface area contributed by atoms with E-state index in [1.165, 1.54) is 0 Å². The zero-order chi connectivity index (χ0) is 21.1. The average molecular weight is 402 g/mol. The number of allylic oxidation sites excluding steroid dienone is 2. The smallest absolute Gasteiger partial charge is 0.319 e. The molecule has 0 amide bonds. The molecule has 0 fully saturated rings. The second kappa shape index (κ2) is 12.1. The van der Waals surface area contributed by atoms with E-state index in [1.54, 1.807) is 6.21 Å². The molecule has 1 aromatic rings. The summed E-state index contributed by atoms with van der Waals surface area (Å²) in [7, 11) is 1.88. The molecule has 0 radical (unpaired) electrons. The number of ether oxygens (including phenoxy) is 1. The van der Waals surface area contributed by atoms with E-state index in [1.807, 2.05) is 19.2 Å². The van der Waals surface area contributed by atoms with E-state index < -0.39 is 0 Å². The molecule has 4 N–H and O–H groups in total. The summed E-state index contributed by atoms with van der Waals surface area (Å²) in [6.45, 7) is 9.57. The number of hydrogen-bond donors (Lipinski definition) is 3. The summed E-state index contributed by atoms with van der Waals surface area (Å²) in [5, 5.41) is 7.40. The minimum atomic E-state index is 0.362. The zero-order valence-corrected chi connectivity index (χ0v) is 18.1. The molecule has 1 atom stereocenters. The first-order valence-electron chi connectivity index (χ1n) is 10.5. The fourth-order valence-electron chi connectivity index (χ4n) is 2.99. The van der Waals surface area contributed by atoms with E-state index in [0.29, 0.717) is 24.2 Å². The standard InChI is InChI=1S/C21H35N7O/c1-5-10-28(11-6-2)20-14-17(25-21(26-20)29-12-9-23-4)15-24-27-19-13-16(3)7-8-18(19)22/h8,13-16,23,27H,5-7,9-12,22H2,1-4H3/b24-15+. The van der Waals surface area contributed by atoms with Gasteiger partial charge in [0.1, 0.15) is 12.4 Å². The van der Waals surface area contributed by atoms with Gasteiger partial charge in [-0.3, -0.25) is 5.43 Å². The van der Waals surface area contributed by atoms with Crippen LogP contribution in [0.5, 0.6) is 6.01 Å². The molecule has 0 aliphatic heterocycles. The highest BCUT2D eigenvalue weighted by atomic mass is 16.5. The van der Waals surface area contributed by atoms with Crippen LogP contribution in [-0.4, -0.2) is 49.5 Å². The van der Waals surface area contributed by atoms with E-state index in [9.17, 15) is 0 Å². The molecule has 0 bridgehead atoms. The Kier molecular flexibility index (Phi) is 9.43. The maximum Gasteiger partial charge on any atom is 0.319 e. The van der Waals surface area contributed by atoms with Gasteiger partial charge >= 0.3 is 6.01 Å². The van der Waals surface area contributed by atoms with Crippen molar-refractivity contribution in [1.29, 1.82) is 0 Å². The summed E-state index contributed by atoms with van der Waals surface area (Å²) in [6.07, 6.45) is 8.83. The monoisotopic (exact) mass is 401 g/mol. The van der Waals surface area contributed by atoms with Crippen molar-refractivity contribution < 1.29 is 4.74 Å². The van der Waals surface area contributed by atoms with Gasteiger partial charge in [0.25, 0.3) is 0 Å². The van der Waals surface area contributed by atoms with E-state index in [0.717, 1.165) is 56.1 Å². The quantitative estimate of drug-likeness (QED) is 0.281. The second-order valence-corrected chi connectivity index (χ2v) is 7.20. The number of likely N-dealkylation sites (N-methyl/N-ethyl adjacent to an activating group) is 1. The first-order chi connectivity index (χ1) is 14.1. The lowest BCUT2D eigenvalue weighted by Gasteiger charge is -2.23. The number of rotatable bonds is 12. The van der Waals surface area contributed by atoms with Crippen molar-refractivity contribution in [2.45, 2.75) is 40.0 Å². The molecule has 1 unspecified atom stereocenters. The molecule has 160 valence electrons. The maximum absolute atomic E-state index is 6.04. The molecule has 0 aromatic carbocycles. The molecule has 1 aliphatic rings. The normalized spacial score (nSPS) is 16.5. The van der Waals surface area contributed by atoms with Crippen LogP contribution < -0.4 is 26.1 Å². The topological polar surface area (TPSA) is 101 Å². The third kappa shape index (κ3) is 7.38. The van der Waals surface area contributed by atoms with Crippen LogP contribution in [0.25, 0.3) is 0 Å². The van der Waals surface area contributed by atoms with Crippen molar-refractivity contribution in [1.82, 2.24) is 20.7 Å². The summed E-state index contributed by atoms with van der Waals surface area (Å²) in [5.41, 5.74) is 11.3. The van der Waals surface area contributed by atoms with Crippen molar-refractivity contribution in [3.05, 3.63) is 35.3 Å². The van der Waals surface area contributed by atoms with Crippen LogP contribution in [0.1, 0.15) is 45.7 Å². The molecule has 0 saturated carbocycles. The molecule has 1 heterocycles. The van der Waals surface area contributed by atoms with Crippen molar-refractivity contribution >= 4 is 12.0 Å². The largest absolute Gasteiger partial charge is 0.462 e. The minimum absolute atomic E-state index is 0.362. The predicted molar refractivity (Wildman–Crippen MR) is 119 cm³/mol. The average Bonchev–Trinajstić information content (AvgIpc) is 2.70. The zero-order valence-electron chi connectivity index (χ0n) is 18.1. The Hall–Kier alpha value is -2.61. The molecule has 8 nitrogen and oxygen atoms in total. The van der Waals surface area contributed by atoms with E-state index in [-0.39, 0.29) is 0 Å². The van der Waals surface area contributed by atoms with E-state index in [4.69, 9.17) is 10.5 Å². The Labute approximate surface area is 174 Å². The Morgan fingerprint density at radius 1 is 1.31 bits per heavy atom. The van der Waals surface area contributed by atoms with Gasteiger partial charge in [-0.1, -0.05) is 32.9 Å². The lowest BCUT2D eigenvalue weighted by Crippen LogP contribution is -2.26. The summed E-state index contributed by atoms with van der Waals surface area (Å²) in [4.78, 5) is 11.3. The number of nitrogens with one attached hydrogen (secondary N) is 2. The second-order valence-electron chi connectivity index (χ2n) is 7.20. The highest BCUT2D eigenvalue weighted by Crippen LogP contribution is 2.18. The molecular formula is C21H35N7O. The summed E-state index contributed by atoms with van der Waals surface area (Å²) < 4.78 is 5.73. The molecule has 2 rings (SSSR count). The summed E-state index contributed by atoms with van der Waals surface area (Å²) in [6, 6.07) is 2.31. The van der Waals surface area contributed by atoms with Gasteiger partial charge < -0.3 is 20.7 Å². The SMILES string of the molecule is CCCN(CCC)c1cc(/C=N/NC2=CC(C)CC=C2N)nc(OCCNC)n1. The maximum atomic E-state index is 6.04. The summed E-state index contributed by atoms with van der Waals surface area (Å²) in [5.74, 6) is 1.30. The third-order valence-electron chi connectivity index (χ3n) is 4.46. The number of hydrazone groups is 1. The van der Waals surface area contributed by atoms with Crippen LogP contribution in [-0.2, 0) is 0 Å². The van der Waals surface area contributed by atoms with Gasteiger partial charge in [0.2, 0.25) is 0 Å². The van der Waals surface area contributed by atoms with Gasteiger partial charge in [-0.25, -0.2) is 0 Å². The minimum Gasteiger partial charge on any atom is -0.462 e. The number of nitrogens with zero attached hydrogens (tertiary/aromatic N) is 4. The van der Waals surface area contributed by atoms with Gasteiger partial charge in [0.05, 0.1) is 23.3 Å². The van der Waals surface area contributed by atoms with Crippen LogP contribution in [0.2, 0.25) is 0 Å². The molecular weight excluding hydrogens is 366 g/mol. The van der Waals surface area contributed by atoms with Crippen LogP contribution in [0.15, 0.2) is 34.7 Å². The Balaban J connectivity index is 2.20. The highest BCUT2D eigenvalue weighted by molar-refractivity contribution is 5.78. The fraction of sp³-hybridized carbons (Fsp3) is 0.571. The third-order valence-corrected chi connectivity index (χ3v) is 4.46. The number of hydrogen-bond acceptors (Lipinski definition) is 8. The van der Waals surface area contributed by atoms with Crippen LogP contribution >= 0.6 is 0 Å². The van der Waals surface area contributed by atoms with Crippen molar-refractivity contribution in [3.8, 4) is 6.01 Å². The first kappa shape index (κ1) is 22.7. The first-order valence-corrected chi connectivity index (χ1v) is 10.5. The number of nitrogens with two attached hydrogens (primary N) is 1. The number of anilines is 1. The molecule has 29 heavy (non-hydrogen) atoms. The molecule has 1 aliphatic carbocycles. The van der Waals surface area contributed by atoms with E-state index >= 15 is 0 Å². The Morgan fingerprint density at radius 2 is 2.07 bits per heavy atom.